The number of Topliss-reactive ketones (excluding diaryl/α,β-unsaturated/α-hetero) is 1. The number of esters is 1. The maximum Gasteiger partial charge on any atom is 0.309 e. The van der Waals surface area contributed by atoms with Crippen LogP contribution in [-0.2, 0) is 25.7 Å². The smallest absolute Gasteiger partial charge is 0.309 e. The van der Waals surface area contributed by atoms with Gasteiger partial charge in [0.25, 0.3) is 0 Å². The van der Waals surface area contributed by atoms with Gasteiger partial charge in [-0.1, -0.05) is 84.7 Å². The normalized spacial score (nSPS) is 37.1. The number of benzene rings is 1. The largest absolute Gasteiger partial charge is 0.481 e. The molecule has 4 saturated carbocycles. The number of carboxylic acid groups (broad SMARTS) is 1. The first-order chi connectivity index (χ1) is 24.8. The fourth-order valence-electron chi connectivity index (χ4n) is 12.7. The molecule has 0 amide bonds. The van der Waals surface area contributed by atoms with Gasteiger partial charge in [0.05, 0.1) is 17.9 Å². The summed E-state index contributed by atoms with van der Waals surface area (Å²) in [6, 6.07) is 7.79. The number of rotatable bonds is 10. The summed E-state index contributed by atoms with van der Waals surface area (Å²) in [6.45, 7) is 22.3. The van der Waals surface area contributed by atoms with E-state index >= 15 is 0 Å². The van der Waals surface area contributed by atoms with E-state index in [0.29, 0.717) is 36.4 Å². The third-order valence-electron chi connectivity index (χ3n) is 15.7. The molecule has 0 bridgehead atoms. The van der Waals surface area contributed by atoms with E-state index in [-0.39, 0.29) is 52.3 Å². The Hall–Kier alpha value is -2.22. The van der Waals surface area contributed by atoms with Crippen LogP contribution in [0, 0.1) is 56.7 Å². The Bertz CT molecular complexity index is 1590. The SMILES string of the molecule is CC.CC(C)C1=C2C3CCC4C5(C)CCC(OC(=O)CC(C)(C)C(=O)O)C(C)C5CCC4(C)[C@]3(C)CCC2(C(O)CNCc2cccc(Cl)c2)CC1=O. The number of ketones is 1. The zero-order chi connectivity index (χ0) is 39.3. The molecule has 10 atom stereocenters. The number of allylic oxidation sites excluding steroid dienone is 1. The van der Waals surface area contributed by atoms with Gasteiger partial charge in [-0.2, -0.15) is 0 Å². The second-order valence-electron chi connectivity index (χ2n) is 19.0. The summed E-state index contributed by atoms with van der Waals surface area (Å²) in [7, 11) is 0. The summed E-state index contributed by atoms with van der Waals surface area (Å²) in [5, 5.41) is 25.9. The average Bonchev–Trinajstić information content (AvgIpc) is 3.40. The lowest BCUT2D eigenvalue weighted by Crippen LogP contribution is -2.65. The molecule has 53 heavy (non-hydrogen) atoms. The van der Waals surface area contributed by atoms with E-state index in [1.807, 2.05) is 38.1 Å². The first kappa shape index (κ1) is 41.9. The molecule has 0 radical (unpaired) electrons. The molecule has 0 heterocycles. The molecular weight excluding hydrogens is 686 g/mol. The number of ether oxygens (including phenoxy) is 1. The van der Waals surface area contributed by atoms with Crippen molar-refractivity contribution in [3.63, 3.8) is 0 Å². The molecule has 0 saturated heterocycles. The van der Waals surface area contributed by atoms with Crippen molar-refractivity contribution in [3.8, 4) is 0 Å². The second kappa shape index (κ2) is 15.4. The van der Waals surface area contributed by atoms with Crippen molar-refractivity contribution in [1.29, 1.82) is 0 Å². The zero-order valence-corrected chi connectivity index (χ0v) is 35.0. The topological polar surface area (TPSA) is 113 Å². The monoisotopic (exact) mass is 753 g/mol. The van der Waals surface area contributed by atoms with Crippen LogP contribution in [0.3, 0.4) is 0 Å². The number of aliphatic hydroxyl groups is 1. The fourth-order valence-corrected chi connectivity index (χ4v) is 12.9. The van der Waals surface area contributed by atoms with Gasteiger partial charge in [-0.25, -0.2) is 0 Å². The van der Waals surface area contributed by atoms with Crippen LogP contribution in [0.4, 0.5) is 0 Å². The highest BCUT2D eigenvalue weighted by Crippen LogP contribution is 2.76. The van der Waals surface area contributed by atoms with Crippen molar-refractivity contribution in [3.05, 3.63) is 46.0 Å². The molecule has 3 N–H and O–H groups in total. The number of hydrogen-bond acceptors (Lipinski definition) is 6. The summed E-state index contributed by atoms with van der Waals surface area (Å²) in [5.41, 5.74) is 1.83. The number of nitrogens with one attached hydrogen (secondary N) is 1. The average molecular weight is 754 g/mol. The van der Waals surface area contributed by atoms with Crippen molar-refractivity contribution in [1.82, 2.24) is 5.32 Å². The molecule has 6 rings (SSSR count). The predicted molar refractivity (Wildman–Crippen MR) is 211 cm³/mol. The molecule has 1 aromatic carbocycles. The number of aliphatic carboxylic acids is 1. The molecule has 4 fully saturated rings. The van der Waals surface area contributed by atoms with Crippen LogP contribution in [0.1, 0.15) is 139 Å². The fraction of sp³-hybridized carbons (Fsp3) is 0.756. The molecule has 9 unspecified atom stereocenters. The number of halogens is 1. The summed E-state index contributed by atoms with van der Waals surface area (Å²) in [4.78, 5) is 38.6. The highest BCUT2D eigenvalue weighted by atomic mass is 35.5. The van der Waals surface area contributed by atoms with Crippen molar-refractivity contribution in [2.45, 2.75) is 152 Å². The lowest BCUT2D eigenvalue weighted by molar-refractivity contribution is -0.218. The van der Waals surface area contributed by atoms with E-state index < -0.39 is 28.9 Å². The van der Waals surface area contributed by atoms with Crippen LogP contribution >= 0.6 is 11.6 Å². The molecule has 0 aliphatic heterocycles. The minimum absolute atomic E-state index is 0.00358. The maximum atomic E-state index is 14.0. The van der Waals surface area contributed by atoms with Gasteiger partial charge >= 0.3 is 11.9 Å². The highest BCUT2D eigenvalue weighted by Gasteiger charge is 2.69. The van der Waals surface area contributed by atoms with E-state index in [1.54, 1.807) is 13.8 Å². The Kier molecular flexibility index (Phi) is 12.2. The van der Waals surface area contributed by atoms with Crippen molar-refractivity contribution < 1.29 is 29.3 Å². The van der Waals surface area contributed by atoms with Gasteiger partial charge in [0.1, 0.15) is 6.10 Å². The Balaban J connectivity index is 0.00000266. The van der Waals surface area contributed by atoms with Crippen molar-refractivity contribution in [2.24, 2.45) is 56.7 Å². The lowest BCUT2D eigenvalue weighted by Gasteiger charge is -2.71. The number of carbonyl (C=O) groups is 3. The first-order valence-corrected chi connectivity index (χ1v) is 21.0. The Morgan fingerprint density at radius 2 is 1.72 bits per heavy atom. The first-order valence-electron chi connectivity index (χ1n) is 20.6. The number of aliphatic hydroxyl groups excluding tert-OH is 1. The van der Waals surface area contributed by atoms with E-state index in [2.05, 4.69) is 46.9 Å². The minimum atomic E-state index is -1.15. The van der Waals surface area contributed by atoms with E-state index in [4.69, 9.17) is 16.3 Å². The molecule has 5 aliphatic carbocycles. The van der Waals surface area contributed by atoms with Crippen LogP contribution in [0.2, 0.25) is 5.02 Å². The van der Waals surface area contributed by atoms with E-state index in [0.717, 1.165) is 62.5 Å². The van der Waals surface area contributed by atoms with E-state index in [1.165, 1.54) is 5.57 Å². The number of carbonyl (C=O) groups excluding carboxylic acids is 2. The highest BCUT2D eigenvalue weighted by molar-refractivity contribution is 6.30. The van der Waals surface area contributed by atoms with Gasteiger partial charge in [0.15, 0.2) is 5.78 Å². The summed E-state index contributed by atoms with van der Waals surface area (Å²) in [5.74, 6) is 0.326. The number of fused-ring (bicyclic) bond motifs is 7. The predicted octanol–water partition coefficient (Wildman–Crippen LogP) is 9.82. The molecule has 0 spiro atoms. The summed E-state index contributed by atoms with van der Waals surface area (Å²) in [6.07, 6.45) is 7.32. The van der Waals surface area contributed by atoms with Crippen molar-refractivity contribution >= 4 is 29.3 Å². The van der Waals surface area contributed by atoms with E-state index in [9.17, 15) is 24.6 Å². The maximum absolute atomic E-state index is 14.0. The molecule has 296 valence electrons. The minimum Gasteiger partial charge on any atom is -0.481 e. The number of hydrogen-bond donors (Lipinski definition) is 3. The zero-order valence-electron chi connectivity index (χ0n) is 34.2. The lowest BCUT2D eigenvalue weighted by atomic mass is 9.34. The van der Waals surface area contributed by atoms with Gasteiger partial charge in [-0.15, -0.1) is 0 Å². The quantitative estimate of drug-likeness (QED) is 0.204. The summed E-state index contributed by atoms with van der Waals surface area (Å²) >= 11 is 6.23. The van der Waals surface area contributed by atoms with Crippen LogP contribution in [0.15, 0.2) is 35.4 Å². The molecule has 1 aromatic rings. The molecular formula is C45H68ClNO6. The van der Waals surface area contributed by atoms with Gasteiger partial charge in [0, 0.05) is 29.9 Å². The number of carboxylic acids is 1. The molecule has 0 aromatic heterocycles. The Labute approximate surface area is 324 Å². The van der Waals surface area contributed by atoms with Gasteiger partial charge in [-0.05, 0) is 134 Å². The van der Waals surface area contributed by atoms with Gasteiger partial charge < -0.3 is 20.3 Å². The van der Waals surface area contributed by atoms with Gasteiger partial charge in [-0.3, -0.25) is 14.4 Å². The van der Waals surface area contributed by atoms with Crippen LogP contribution in [0.5, 0.6) is 0 Å². The summed E-state index contributed by atoms with van der Waals surface area (Å²) < 4.78 is 6.06. The molecule has 5 aliphatic rings. The molecule has 7 nitrogen and oxygen atoms in total. The Morgan fingerprint density at radius 1 is 1.02 bits per heavy atom. The van der Waals surface area contributed by atoms with Gasteiger partial charge in [0.2, 0.25) is 0 Å². The van der Waals surface area contributed by atoms with Crippen molar-refractivity contribution in [2.75, 3.05) is 6.54 Å². The third kappa shape index (κ3) is 7.07. The Morgan fingerprint density at radius 3 is 2.36 bits per heavy atom. The molecule has 8 heteroatoms. The third-order valence-corrected chi connectivity index (χ3v) is 15.9. The van der Waals surface area contributed by atoms with Crippen LogP contribution < -0.4 is 5.32 Å². The van der Waals surface area contributed by atoms with Crippen LogP contribution in [-0.4, -0.2) is 46.7 Å². The standard InChI is InChI=1S/C43H62ClNO6.C2H6/c1-25(2)36-31(46)21-43(34(47)24-45-23-27-10-9-11-28(44)20-27)19-18-41(7)30(37(36)43)12-13-33-40(6)16-15-32(26(3)29(40)14-17-42(33,41)8)51-35(48)22-39(4,5)38(49)50;1-2/h9-11,20,25-26,29-30,32-34,45,47H,12-19,21-24H2,1-8H3,(H,49,50);1-2H3/t26?,29?,30?,32?,33?,34?,40?,41-,42?,43?;/m1./s1. The second-order valence-corrected chi connectivity index (χ2v) is 19.4. The van der Waals surface area contributed by atoms with Crippen LogP contribution in [0.25, 0.3) is 0 Å².